The highest BCUT2D eigenvalue weighted by atomic mass is 32.1. The lowest BCUT2D eigenvalue weighted by Gasteiger charge is -2.17. The van der Waals surface area contributed by atoms with Gasteiger partial charge in [0.15, 0.2) is 5.13 Å². The van der Waals surface area contributed by atoms with E-state index < -0.39 is 5.97 Å². The van der Waals surface area contributed by atoms with E-state index in [4.69, 9.17) is 0 Å². The summed E-state index contributed by atoms with van der Waals surface area (Å²) in [7, 11) is 1.93. The Kier molecular flexibility index (Phi) is 4.32. The maximum Gasteiger partial charge on any atom is 0.347 e. The minimum Gasteiger partial charge on any atom is -0.477 e. The zero-order valence-corrected chi connectivity index (χ0v) is 13.6. The Hall–Kier alpha value is -1.88. The normalized spacial score (nSPS) is 11.4. The van der Waals surface area contributed by atoms with E-state index in [0.717, 1.165) is 5.13 Å². The molecule has 0 fully saturated rings. The van der Waals surface area contributed by atoms with Crippen LogP contribution in [-0.4, -0.2) is 23.1 Å². The fourth-order valence-corrected chi connectivity index (χ4v) is 3.13. The Labute approximate surface area is 129 Å². The molecule has 2 aromatic rings. The smallest absolute Gasteiger partial charge is 0.347 e. The van der Waals surface area contributed by atoms with Crippen molar-refractivity contribution in [3.05, 3.63) is 46.5 Å². The Morgan fingerprint density at radius 2 is 1.90 bits per heavy atom. The van der Waals surface area contributed by atoms with Crippen LogP contribution in [-0.2, 0) is 12.0 Å². The summed E-state index contributed by atoms with van der Waals surface area (Å²) in [5.41, 5.74) is 1.54. The van der Waals surface area contributed by atoms with E-state index in [1.54, 1.807) is 0 Å². The first-order chi connectivity index (χ1) is 9.79. The van der Waals surface area contributed by atoms with Gasteiger partial charge in [-0.15, -0.1) is 0 Å². The summed E-state index contributed by atoms with van der Waals surface area (Å²) in [6, 6.07) is 10.1. The van der Waals surface area contributed by atoms with Crippen LogP contribution >= 0.6 is 11.3 Å². The van der Waals surface area contributed by atoms with Gasteiger partial charge in [-0.1, -0.05) is 62.4 Å². The third-order valence-corrected chi connectivity index (χ3v) is 4.27. The van der Waals surface area contributed by atoms with Crippen molar-refractivity contribution in [2.45, 2.75) is 32.7 Å². The quantitative estimate of drug-likeness (QED) is 0.934. The minimum atomic E-state index is -0.906. The number of hydrogen-bond acceptors (Lipinski definition) is 4. The zero-order chi connectivity index (χ0) is 15.6. The molecule has 0 saturated heterocycles. The molecule has 21 heavy (non-hydrogen) atoms. The van der Waals surface area contributed by atoms with Gasteiger partial charge >= 0.3 is 5.97 Å². The topological polar surface area (TPSA) is 53.4 Å². The van der Waals surface area contributed by atoms with Crippen LogP contribution in [0.3, 0.4) is 0 Å². The second-order valence-corrected chi connectivity index (χ2v) is 7.05. The molecular weight excluding hydrogens is 284 g/mol. The van der Waals surface area contributed by atoms with Gasteiger partial charge in [0.2, 0.25) is 0 Å². The first-order valence-electron chi connectivity index (χ1n) is 6.78. The molecule has 4 nitrogen and oxygen atoms in total. The van der Waals surface area contributed by atoms with E-state index in [-0.39, 0.29) is 5.41 Å². The maximum absolute atomic E-state index is 11.4. The largest absolute Gasteiger partial charge is 0.477 e. The average Bonchev–Trinajstić information content (AvgIpc) is 2.85. The monoisotopic (exact) mass is 304 g/mol. The summed E-state index contributed by atoms with van der Waals surface area (Å²) in [6.45, 7) is 6.65. The fourth-order valence-electron chi connectivity index (χ4n) is 2.05. The number of anilines is 1. The molecule has 1 aromatic heterocycles. The second kappa shape index (κ2) is 5.85. The van der Waals surface area contributed by atoms with Gasteiger partial charge in [0.1, 0.15) is 4.88 Å². The number of carboxylic acids is 1. The van der Waals surface area contributed by atoms with Crippen LogP contribution in [0.4, 0.5) is 5.13 Å². The van der Waals surface area contributed by atoms with E-state index in [0.29, 0.717) is 17.1 Å². The Balaban J connectivity index is 2.30. The van der Waals surface area contributed by atoms with Gasteiger partial charge in [-0.2, -0.15) is 0 Å². The Bertz CT molecular complexity index is 629. The van der Waals surface area contributed by atoms with Crippen LogP contribution in [0, 0.1) is 0 Å². The summed E-state index contributed by atoms with van der Waals surface area (Å²) in [4.78, 5) is 18.3. The Morgan fingerprint density at radius 3 is 2.38 bits per heavy atom. The number of rotatable bonds is 4. The molecule has 0 spiro atoms. The van der Waals surface area contributed by atoms with E-state index in [9.17, 15) is 9.90 Å². The van der Waals surface area contributed by atoms with Gasteiger partial charge in [-0.05, 0) is 5.56 Å². The van der Waals surface area contributed by atoms with E-state index in [1.807, 2.05) is 63.1 Å². The van der Waals surface area contributed by atoms with E-state index in [2.05, 4.69) is 4.98 Å². The van der Waals surface area contributed by atoms with Crippen molar-refractivity contribution < 1.29 is 9.90 Å². The molecule has 0 radical (unpaired) electrons. The van der Waals surface area contributed by atoms with Gasteiger partial charge in [-0.3, -0.25) is 0 Å². The molecule has 5 heteroatoms. The first-order valence-corrected chi connectivity index (χ1v) is 7.60. The van der Waals surface area contributed by atoms with Gasteiger partial charge in [0, 0.05) is 19.0 Å². The molecule has 0 saturated carbocycles. The number of carbonyl (C=O) groups is 1. The average molecular weight is 304 g/mol. The molecule has 2 rings (SSSR count). The zero-order valence-electron chi connectivity index (χ0n) is 12.8. The van der Waals surface area contributed by atoms with E-state index in [1.165, 1.54) is 16.9 Å². The van der Waals surface area contributed by atoms with Crippen LogP contribution in [0.5, 0.6) is 0 Å². The summed E-state index contributed by atoms with van der Waals surface area (Å²) in [5.74, 6) is -0.906. The molecule has 0 amide bonds. The minimum absolute atomic E-state index is 0.282. The third kappa shape index (κ3) is 3.61. The van der Waals surface area contributed by atoms with Crippen LogP contribution < -0.4 is 4.90 Å². The SMILES string of the molecule is CN(Cc1ccccc1)c1nc(C(C)(C)C)c(C(=O)O)s1. The molecule has 0 aliphatic carbocycles. The summed E-state index contributed by atoms with van der Waals surface area (Å²) in [6.07, 6.45) is 0. The van der Waals surface area contributed by atoms with Crippen molar-refractivity contribution in [3.8, 4) is 0 Å². The van der Waals surface area contributed by atoms with Gasteiger partial charge in [0.05, 0.1) is 5.69 Å². The maximum atomic E-state index is 11.4. The Morgan fingerprint density at radius 1 is 1.29 bits per heavy atom. The highest BCUT2D eigenvalue weighted by Gasteiger charge is 2.27. The fraction of sp³-hybridized carbons (Fsp3) is 0.375. The van der Waals surface area contributed by atoms with Crippen molar-refractivity contribution in [3.63, 3.8) is 0 Å². The number of hydrogen-bond donors (Lipinski definition) is 1. The number of carboxylic acid groups (broad SMARTS) is 1. The molecule has 0 aliphatic rings. The second-order valence-electron chi connectivity index (χ2n) is 6.07. The van der Waals surface area contributed by atoms with Crippen LogP contribution in [0.2, 0.25) is 0 Å². The molecular formula is C16H20N2O2S. The number of thiazole rings is 1. The summed E-state index contributed by atoms with van der Waals surface area (Å²) in [5, 5.41) is 10.1. The third-order valence-electron chi connectivity index (χ3n) is 3.11. The molecule has 0 unspecified atom stereocenters. The lowest BCUT2D eigenvalue weighted by molar-refractivity contribution is 0.0699. The molecule has 1 heterocycles. The summed E-state index contributed by atoms with van der Waals surface area (Å²) < 4.78 is 0. The van der Waals surface area contributed by atoms with Crippen molar-refractivity contribution in [1.29, 1.82) is 0 Å². The first kappa shape index (κ1) is 15.5. The predicted molar refractivity (Wildman–Crippen MR) is 86.3 cm³/mol. The van der Waals surface area contributed by atoms with Crippen molar-refractivity contribution in [2.75, 3.05) is 11.9 Å². The van der Waals surface area contributed by atoms with E-state index >= 15 is 0 Å². The lowest BCUT2D eigenvalue weighted by Crippen LogP contribution is -2.18. The van der Waals surface area contributed by atoms with Gasteiger partial charge < -0.3 is 10.0 Å². The molecule has 112 valence electrons. The van der Waals surface area contributed by atoms with Crippen molar-refractivity contribution >= 4 is 22.4 Å². The van der Waals surface area contributed by atoms with Crippen LogP contribution in [0.1, 0.15) is 41.7 Å². The van der Waals surface area contributed by atoms with Crippen molar-refractivity contribution in [1.82, 2.24) is 4.98 Å². The lowest BCUT2D eigenvalue weighted by atomic mass is 9.91. The van der Waals surface area contributed by atoms with Crippen LogP contribution in [0.15, 0.2) is 30.3 Å². The molecule has 1 N–H and O–H groups in total. The highest BCUT2D eigenvalue weighted by Crippen LogP contribution is 2.33. The molecule has 1 aromatic carbocycles. The number of aromatic nitrogens is 1. The predicted octanol–water partition coefficient (Wildman–Crippen LogP) is 3.78. The number of aromatic carboxylic acids is 1. The molecule has 0 bridgehead atoms. The number of nitrogens with zero attached hydrogens (tertiary/aromatic N) is 2. The molecule has 0 aliphatic heterocycles. The summed E-state index contributed by atoms with van der Waals surface area (Å²) >= 11 is 1.24. The van der Waals surface area contributed by atoms with Crippen LogP contribution in [0.25, 0.3) is 0 Å². The molecule has 0 atom stereocenters. The number of benzene rings is 1. The van der Waals surface area contributed by atoms with Crippen molar-refractivity contribution in [2.24, 2.45) is 0 Å². The van der Waals surface area contributed by atoms with Gasteiger partial charge in [-0.25, -0.2) is 9.78 Å². The highest BCUT2D eigenvalue weighted by molar-refractivity contribution is 7.17. The van der Waals surface area contributed by atoms with Gasteiger partial charge in [0.25, 0.3) is 0 Å². The standard InChI is InChI=1S/C16H20N2O2S/c1-16(2,3)13-12(14(19)20)21-15(17-13)18(4)10-11-8-6-5-7-9-11/h5-9H,10H2,1-4H3,(H,19,20).